The van der Waals surface area contributed by atoms with E-state index < -0.39 is 5.97 Å². The number of methoxy groups -OCH3 is 1. The highest BCUT2D eigenvalue weighted by Crippen LogP contribution is 2.36. The lowest BCUT2D eigenvalue weighted by atomic mass is 9.85. The SMILES string of the molecule is COc1ccc(-c2cc(C(=O)O)cs2)cc1C(C)(C)C. The zero-order valence-electron chi connectivity index (χ0n) is 12.1. The van der Waals surface area contributed by atoms with Crippen LogP contribution in [0.5, 0.6) is 5.75 Å². The Kier molecular flexibility index (Phi) is 3.86. The molecule has 0 saturated carbocycles. The molecule has 1 aromatic heterocycles. The molecule has 20 heavy (non-hydrogen) atoms. The summed E-state index contributed by atoms with van der Waals surface area (Å²) in [4.78, 5) is 11.9. The molecule has 0 unspecified atom stereocenters. The van der Waals surface area contributed by atoms with Crippen molar-refractivity contribution in [2.24, 2.45) is 0 Å². The highest BCUT2D eigenvalue weighted by Gasteiger charge is 2.20. The largest absolute Gasteiger partial charge is 0.496 e. The van der Waals surface area contributed by atoms with E-state index in [0.29, 0.717) is 5.56 Å². The molecule has 0 atom stereocenters. The summed E-state index contributed by atoms with van der Waals surface area (Å²) in [6.07, 6.45) is 0. The quantitative estimate of drug-likeness (QED) is 0.910. The molecule has 4 heteroatoms. The number of ether oxygens (including phenoxy) is 1. The number of benzene rings is 1. The Labute approximate surface area is 122 Å². The minimum Gasteiger partial charge on any atom is -0.496 e. The molecular weight excluding hydrogens is 272 g/mol. The molecule has 0 aliphatic rings. The summed E-state index contributed by atoms with van der Waals surface area (Å²) >= 11 is 1.44. The molecule has 0 aliphatic heterocycles. The van der Waals surface area contributed by atoms with Gasteiger partial charge in [-0.1, -0.05) is 20.8 Å². The third kappa shape index (κ3) is 2.85. The summed E-state index contributed by atoms with van der Waals surface area (Å²) in [6.45, 7) is 6.39. The van der Waals surface area contributed by atoms with Gasteiger partial charge < -0.3 is 9.84 Å². The van der Waals surface area contributed by atoms with Gasteiger partial charge in [0.1, 0.15) is 5.75 Å². The summed E-state index contributed by atoms with van der Waals surface area (Å²) in [6, 6.07) is 7.69. The normalized spacial score (nSPS) is 11.4. The molecule has 2 rings (SSSR count). The molecule has 0 aliphatic carbocycles. The number of hydrogen-bond donors (Lipinski definition) is 1. The van der Waals surface area contributed by atoms with Crippen LogP contribution in [0.1, 0.15) is 36.7 Å². The van der Waals surface area contributed by atoms with Crippen LogP contribution >= 0.6 is 11.3 Å². The standard InChI is InChI=1S/C16H18O3S/c1-16(2,3)12-7-10(5-6-13(12)19-4)14-8-11(9-20-14)15(17)18/h5-9H,1-4H3,(H,17,18). The molecule has 3 nitrogen and oxygen atoms in total. The Balaban J connectivity index is 2.50. The van der Waals surface area contributed by atoms with Crippen LogP contribution in [0.15, 0.2) is 29.6 Å². The van der Waals surface area contributed by atoms with Crippen molar-refractivity contribution in [3.8, 4) is 16.2 Å². The monoisotopic (exact) mass is 290 g/mol. The van der Waals surface area contributed by atoms with Crippen molar-refractivity contribution in [1.29, 1.82) is 0 Å². The Hall–Kier alpha value is -1.81. The molecule has 1 N–H and O–H groups in total. The molecule has 2 aromatic rings. The Bertz CT molecular complexity index is 635. The maximum Gasteiger partial charge on any atom is 0.336 e. The fourth-order valence-electron chi connectivity index (χ4n) is 2.05. The van der Waals surface area contributed by atoms with Gasteiger partial charge in [-0.25, -0.2) is 4.79 Å². The Morgan fingerprint density at radius 1 is 1.25 bits per heavy atom. The van der Waals surface area contributed by atoms with Gasteiger partial charge in [0, 0.05) is 15.8 Å². The minimum absolute atomic E-state index is 0.0335. The molecule has 0 bridgehead atoms. The van der Waals surface area contributed by atoms with Crippen molar-refractivity contribution >= 4 is 17.3 Å². The van der Waals surface area contributed by atoms with Gasteiger partial charge in [0.05, 0.1) is 12.7 Å². The maximum atomic E-state index is 11.0. The number of carbonyl (C=O) groups is 1. The molecule has 0 saturated heterocycles. The molecule has 1 aromatic carbocycles. The maximum absolute atomic E-state index is 11.0. The minimum atomic E-state index is -0.892. The van der Waals surface area contributed by atoms with Crippen molar-refractivity contribution in [2.45, 2.75) is 26.2 Å². The van der Waals surface area contributed by atoms with Crippen LogP contribution in [0.2, 0.25) is 0 Å². The number of carboxylic acid groups (broad SMARTS) is 1. The van der Waals surface area contributed by atoms with E-state index in [9.17, 15) is 4.79 Å². The van der Waals surface area contributed by atoms with Crippen LogP contribution < -0.4 is 4.74 Å². The highest BCUT2D eigenvalue weighted by molar-refractivity contribution is 7.13. The zero-order valence-corrected chi connectivity index (χ0v) is 12.9. The topological polar surface area (TPSA) is 46.5 Å². The predicted octanol–water partition coefficient (Wildman–Crippen LogP) is 4.42. The second-order valence-corrected chi connectivity index (χ2v) is 6.58. The van der Waals surface area contributed by atoms with E-state index in [1.54, 1.807) is 18.6 Å². The highest BCUT2D eigenvalue weighted by atomic mass is 32.1. The van der Waals surface area contributed by atoms with E-state index in [4.69, 9.17) is 9.84 Å². The lowest BCUT2D eigenvalue weighted by Gasteiger charge is -2.22. The van der Waals surface area contributed by atoms with Crippen molar-refractivity contribution < 1.29 is 14.6 Å². The number of hydrogen-bond acceptors (Lipinski definition) is 3. The smallest absolute Gasteiger partial charge is 0.336 e. The second-order valence-electron chi connectivity index (χ2n) is 5.67. The van der Waals surface area contributed by atoms with Gasteiger partial charge in [-0.15, -0.1) is 11.3 Å². The number of thiophene rings is 1. The number of aromatic carboxylic acids is 1. The molecule has 0 spiro atoms. The van der Waals surface area contributed by atoms with Crippen LogP contribution in [0.4, 0.5) is 0 Å². The van der Waals surface area contributed by atoms with Gasteiger partial charge in [0.25, 0.3) is 0 Å². The van der Waals surface area contributed by atoms with E-state index >= 15 is 0 Å². The van der Waals surface area contributed by atoms with E-state index in [1.807, 2.05) is 12.1 Å². The van der Waals surface area contributed by atoms with Gasteiger partial charge in [-0.2, -0.15) is 0 Å². The third-order valence-electron chi connectivity index (χ3n) is 3.14. The predicted molar refractivity (Wildman–Crippen MR) is 82.0 cm³/mol. The lowest BCUT2D eigenvalue weighted by molar-refractivity contribution is 0.0697. The average molecular weight is 290 g/mol. The van der Waals surface area contributed by atoms with Crippen molar-refractivity contribution in [2.75, 3.05) is 7.11 Å². The fourth-order valence-corrected chi connectivity index (χ4v) is 2.93. The number of rotatable bonds is 3. The zero-order chi connectivity index (χ0) is 14.9. The van der Waals surface area contributed by atoms with Gasteiger partial charge in [0.15, 0.2) is 0 Å². The summed E-state index contributed by atoms with van der Waals surface area (Å²) in [5.74, 6) is -0.0340. The summed E-state index contributed by atoms with van der Waals surface area (Å²) in [5, 5.41) is 10.7. The first-order chi connectivity index (χ1) is 9.32. The molecular formula is C16H18O3S. The molecule has 1 heterocycles. The molecule has 0 amide bonds. The van der Waals surface area contributed by atoms with Crippen LogP contribution in [0.3, 0.4) is 0 Å². The van der Waals surface area contributed by atoms with E-state index in [-0.39, 0.29) is 5.41 Å². The van der Waals surface area contributed by atoms with Gasteiger partial charge in [0.2, 0.25) is 0 Å². The van der Waals surface area contributed by atoms with Crippen molar-refractivity contribution in [3.05, 3.63) is 40.8 Å². The lowest BCUT2D eigenvalue weighted by Crippen LogP contribution is -2.12. The third-order valence-corrected chi connectivity index (χ3v) is 4.12. The first kappa shape index (κ1) is 14.6. The summed E-state index contributed by atoms with van der Waals surface area (Å²) in [7, 11) is 1.66. The van der Waals surface area contributed by atoms with Crippen LogP contribution in [-0.2, 0) is 5.41 Å². The van der Waals surface area contributed by atoms with Crippen LogP contribution in [0.25, 0.3) is 10.4 Å². The Morgan fingerprint density at radius 3 is 2.45 bits per heavy atom. The van der Waals surface area contributed by atoms with Gasteiger partial charge in [-0.3, -0.25) is 0 Å². The van der Waals surface area contributed by atoms with Crippen molar-refractivity contribution in [3.63, 3.8) is 0 Å². The average Bonchev–Trinajstić information content (AvgIpc) is 2.86. The first-order valence-corrected chi connectivity index (χ1v) is 7.21. The number of carboxylic acids is 1. The van der Waals surface area contributed by atoms with E-state index in [1.165, 1.54) is 11.3 Å². The Morgan fingerprint density at radius 2 is 1.95 bits per heavy atom. The molecule has 0 radical (unpaired) electrons. The molecule has 106 valence electrons. The first-order valence-electron chi connectivity index (χ1n) is 6.33. The van der Waals surface area contributed by atoms with E-state index in [0.717, 1.165) is 21.8 Å². The molecule has 0 fully saturated rings. The van der Waals surface area contributed by atoms with Crippen LogP contribution in [-0.4, -0.2) is 18.2 Å². The van der Waals surface area contributed by atoms with Crippen molar-refractivity contribution in [1.82, 2.24) is 0 Å². The van der Waals surface area contributed by atoms with Gasteiger partial charge in [-0.05, 0) is 35.2 Å². The summed E-state index contributed by atoms with van der Waals surface area (Å²) in [5.41, 5.74) is 2.43. The second kappa shape index (κ2) is 5.29. The van der Waals surface area contributed by atoms with Crippen LogP contribution in [0, 0.1) is 0 Å². The fraction of sp³-hybridized carbons (Fsp3) is 0.312. The van der Waals surface area contributed by atoms with E-state index in [2.05, 4.69) is 26.8 Å². The van der Waals surface area contributed by atoms with Gasteiger partial charge >= 0.3 is 5.97 Å². The summed E-state index contributed by atoms with van der Waals surface area (Å²) < 4.78 is 5.42.